The van der Waals surface area contributed by atoms with Gasteiger partial charge in [0, 0.05) is 25.4 Å². The largest absolute Gasteiger partial charge is 0.497 e. The minimum atomic E-state index is -0.592. The van der Waals surface area contributed by atoms with Crippen LogP contribution in [-0.2, 0) is 16.0 Å². The number of carbonyl (C=O) groups is 2. The molecule has 1 aromatic rings. The Morgan fingerprint density at radius 3 is 2.54 bits per heavy atom. The van der Waals surface area contributed by atoms with Crippen molar-refractivity contribution in [2.75, 3.05) is 7.11 Å². The van der Waals surface area contributed by atoms with Crippen LogP contribution < -0.4 is 21.1 Å². The molecule has 0 saturated heterocycles. The molecule has 2 fully saturated rings. The molecule has 156 valence electrons. The molecule has 1 aromatic carbocycles. The van der Waals surface area contributed by atoms with E-state index in [1.807, 2.05) is 24.3 Å². The summed E-state index contributed by atoms with van der Waals surface area (Å²) >= 11 is 0. The number of rotatable bonds is 6. The van der Waals surface area contributed by atoms with Crippen molar-refractivity contribution in [1.82, 2.24) is 10.6 Å². The van der Waals surface area contributed by atoms with Crippen molar-refractivity contribution in [3.05, 3.63) is 29.8 Å². The molecule has 7 heteroatoms. The maximum absolute atomic E-state index is 13.0. The standard InChI is InChI=1S/C21H31N3O3.ClH/c1-13(25)23-19(10-14-5-3-8-18(9-14)27-2)21(26)24-20-15-6-4-7-16(20)12-17(22)11-15;/h3,5,8-9,15-17,19-20H,4,6-7,10-12,22H2,1-2H3,(H,23,25)(H,24,26);1H. The Labute approximate surface area is 173 Å². The van der Waals surface area contributed by atoms with Crippen molar-refractivity contribution in [2.24, 2.45) is 17.6 Å². The third-order valence-electron chi connectivity index (χ3n) is 5.95. The summed E-state index contributed by atoms with van der Waals surface area (Å²) in [5, 5.41) is 6.07. The fourth-order valence-electron chi connectivity index (χ4n) is 4.78. The van der Waals surface area contributed by atoms with E-state index < -0.39 is 6.04 Å². The highest BCUT2D eigenvalue weighted by Crippen LogP contribution is 2.39. The van der Waals surface area contributed by atoms with E-state index >= 15 is 0 Å². The van der Waals surface area contributed by atoms with Crippen LogP contribution in [0.1, 0.15) is 44.6 Å². The van der Waals surface area contributed by atoms with Crippen LogP contribution in [0.4, 0.5) is 0 Å². The van der Waals surface area contributed by atoms with Gasteiger partial charge >= 0.3 is 0 Å². The van der Waals surface area contributed by atoms with Gasteiger partial charge in [0.1, 0.15) is 11.8 Å². The van der Waals surface area contributed by atoms with Crippen molar-refractivity contribution in [1.29, 1.82) is 0 Å². The van der Waals surface area contributed by atoms with Crippen molar-refractivity contribution in [3.63, 3.8) is 0 Å². The maximum atomic E-state index is 13.0. The van der Waals surface area contributed by atoms with E-state index in [4.69, 9.17) is 10.5 Å². The van der Waals surface area contributed by atoms with Gasteiger partial charge in [-0.15, -0.1) is 12.4 Å². The van der Waals surface area contributed by atoms with E-state index in [0.717, 1.165) is 37.0 Å². The molecule has 2 amide bonds. The lowest BCUT2D eigenvalue weighted by atomic mass is 9.67. The zero-order valence-electron chi connectivity index (χ0n) is 16.6. The third kappa shape index (κ3) is 5.61. The average Bonchev–Trinajstić information content (AvgIpc) is 2.61. The van der Waals surface area contributed by atoms with E-state index in [-0.39, 0.29) is 36.3 Å². The lowest BCUT2D eigenvalue weighted by molar-refractivity contribution is -0.129. The van der Waals surface area contributed by atoms with Crippen molar-refractivity contribution >= 4 is 24.2 Å². The Balaban J connectivity index is 0.00000280. The number of nitrogens with one attached hydrogen (secondary N) is 2. The number of hydrogen-bond acceptors (Lipinski definition) is 4. The molecule has 3 rings (SSSR count). The quantitative estimate of drug-likeness (QED) is 0.671. The molecule has 2 aliphatic rings. The molecule has 4 N–H and O–H groups in total. The number of halogens is 1. The molecule has 3 unspecified atom stereocenters. The smallest absolute Gasteiger partial charge is 0.243 e. The van der Waals surface area contributed by atoms with Gasteiger partial charge in [0.2, 0.25) is 11.8 Å². The fraction of sp³-hybridized carbons (Fsp3) is 0.619. The van der Waals surface area contributed by atoms with E-state index in [0.29, 0.717) is 18.3 Å². The van der Waals surface area contributed by atoms with E-state index in [1.165, 1.54) is 13.3 Å². The number of benzene rings is 1. The lowest BCUT2D eigenvalue weighted by Gasteiger charge is -2.45. The number of hydrogen-bond donors (Lipinski definition) is 3. The van der Waals surface area contributed by atoms with E-state index in [1.54, 1.807) is 7.11 Å². The molecule has 0 heterocycles. The van der Waals surface area contributed by atoms with Gasteiger partial charge in [0.05, 0.1) is 7.11 Å². The van der Waals surface area contributed by atoms with Crippen LogP contribution in [0, 0.1) is 11.8 Å². The van der Waals surface area contributed by atoms with Crippen LogP contribution in [-0.4, -0.2) is 37.0 Å². The first-order valence-electron chi connectivity index (χ1n) is 9.92. The number of carbonyl (C=O) groups excluding carboxylic acids is 2. The summed E-state index contributed by atoms with van der Waals surface area (Å²) in [7, 11) is 1.61. The second-order valence-corrected chi connectivity index (χ2v) is 8.03. The lowest BCUT2D eigenvalue weighted by Crippen LogP contribution is -2.57. The normalized spacial score (nSPS) is 27.1. The Bertz CT molecular complexity index is 671. The van der Waals surface area contributed by atoms with Crippen LogP contribution in [0.3, 0.4) is 0 Å². The molecule has 28 heavy (non-hydrogen) atoms. The highest BCUT2D eigenvalue weighted by molar-refractivity contribution is 5.87. The van der Waals surface area contributed by atoms with Crippen molar-refractivity contribution in [3.8, 4) is 5.75 Å². The summed E-state index contributed by atoms with van der Waals surface area (Å²) in [4.78, 5) is 24.7. The molecule has 6 nitrogen and oxygen atoms in total. The van der Waals surface area contributed by atoms with Crippen LogP contribution in [0.2, 0.25) is 0 Å². The average molecular weight is 410 g/mol. The summed E-state index contributed by atoms with van der Waals surface area (Å²) in [5.74, 6) is 1.33. The Morgan fingerprint density at radius 1 is 1.25 bits per heavy atom. The van der Waals surface area contributed by atoms with Crippen LogP contribution in [0.5, 0.6) is 5.75 Å². The monoisotopic (exact) mass is 409 g/mol. The molecule has 0 aliphatic heterocycles. The zero-order valence-corrected chi connectivity index (χ0v) is 17.5. The molecule has 0 aromatic heterocycles. The first-order chi connectivity index (χ1) is 13.0. The van der Waals surface area contributed by atoms with Gasteiger partial charge < -0.3 is 21.1 Å². The van der Waals surface area contributed by atoms with Crippen molar-refractivity contribution in [2.45, 2.75) is 63.6 Å². The molecular weight excluding hydrogens is 378 g/mol. The molecular formula is C21H32ClN3O3. The Kier molecular flexibility index (Phi) is 8.13. The van der Waals surface area contributed by atoms with E-state index in [2.05, 4.69) is 10.6 Å². The first-order valence-corrected chi connectivity index (χ1v) is 9.92. The summed E-state index contributed by atoms with van der Waals surface area (Å²) in [6.07, 6.45) is 5.84. The third-order valence-corrected chi connectivity index (χ3v) is 5.95. The molecule has 2 aliphatic carbocycles. The van der Waals surface area contributed by atoms with Crippen LogP contribution >= 0.6 is 12.4 Å². The van der Waals surface area contributed by atoms with Crippen LogP contribution in [0.25, 0.3) is 0 Å². The number of nitrogens with two attached hydrogens (primary N) is 1. The summed E-state index contributed by atoms with van der Waals surface area (Å²) in [6, 6.07) is 7.43. The number of ether oxygens (including phenoxy) is 1. The first kappa shape index (κ1) is 22.5. The SMILES string of the molecule is COc1cccc(CC(NC(C)=O)C(=O)NC2C3CCCC2CC(N)C3)c1.Cl. The van der Waals surface area contributed by atoms with Gasteiger partial charge in [-0.05, 0) is 55.2 Å². The second kappa shape index (κ2) is 10.1. The summed E-state index contributed by atoms with van der Waals surface area (Å²) in [5.41, 5.74) is 7.14. The minimum absolute atomic E-state index is 0. The zero-order chi connectivity index (χ0) is 19.4. The molecule has 0 spiro atoms. The molecule has 0 radical (unpaired) electrons. The van der Waals surface area contributed by atoms with Gasteiger partial charge in [0.25, 0.3) is 0 Å². The molecule has 2 saturated carbocycles. The highest BCUT2D eigenvalue weighted by atomic mass is 35.5. The van der Waals surface area contributed by atoms with Gasteiger partial charge in [-0.25, -0.2) is 0 Å². The fourth-order valence-corrected chi connectivity index (χ4v) is 4.78. The van der Waals surface area contributed by atoms with Crippen molar-refractivity contribution < 1.29 is 14.3 Å². The predicted octanol–water partition coefficient (Wildman–Crippen LogP) is 2.19. The number of fused-ring (bicyclic) bond motifs is 2. The Morgan fingerprint density at radius 2 is 1.93 bits per heavy atom. The topological polar surface area (TPSA) is 93.4 Å². The summed E-state index contributed by atoms with van der Waals surface area (Å²) in [6.45, 7) is 1.44. The van der Waals surface area contributed by atoms with Gasteiger partial charge in [0.15, 0.2) is 0 Å². The molecule has 3 atom stereocenters. The minimum Gasteiger partial charge on any atom is -0.497 e. The molecule has 2 bridgehead atoms. The number of amides is 2. The Hall–Kier alpha value is -1.79. The summed E-state index contributed by atoms with van der Waals surface area (Å²) < 4.78 is 5.26. The predicted molar refractivity (Wildman–Crippen MR) is 112 cm³/mol. The maximum Gasteiger partial charge on any atom is 0.243 e. The van der Waals surface area contributed by atoms with Gasteiger partial charge in [-0.3, -0.25) is 9.59 Å². The van der Waals surface area contributed by atoms with E-state index in [9.17, 15) is 9.59 Å². The van der Waals surface area contributed by atoms with Crippen LogP contribution in [0.15, 0.2) is 24.3 Å². The highest BCUT2D eigenvalue weighted by Gasteiger charge is 2.40. The van der Waals surface area contributed by atoms with Gasteiger partial charge in [-0.1, -0.05) is 18.6 Å². The number of methoxy groups -OCH3 is 1. The van der Waals surface area contributed by atoms with Gasteiger partial charge in [-0.2, -0.15) is 0 Å². The second-order valence-electron chi connectivity index (χ2n) is 8.03.